The smallest absolute Gasteiger partial charge is 0.253 e. The van der Waals surface area contributed by atoms with Crippen LogP contribution < -0.4 is 15.8 Å². The van der Waals surface area contributed by atoms with E-state index in [1.165, 1.54) is 5.56 Å². The number of H-pyrrole nitrogens is 1. The van der Waals surface area contributed by atoms with E-state index in [1.807, 2.05) is 32.9 Å². The first-order valence-electron chi connectivity index (χ1n) is 14.4. The van der Waals surface area contributed by atoms with Gasteiger partial charge in [0.15, 0.2) is 0 Å². The van der Waals surface area contributed by atoms with Crippen LogP contribution in [-0.4, -0.2) is 55.2 Å². The molecular formula is C33H44N4O3. The van der Waals surface area contributed by atoms with E-state index in [4.69, 9.17) is 4.74 Å². The van der Waals surface area contributed by atoms with Gasteiger partial charge in [0, 0.05) is 61.8 Å². The molecule has 3 aromatic rings. The lowest BCUT2D eigenvalue weighted by molar-refractivity contribution is 0.0342. The Morgan fingerprint density at radius 1 is 1.05 bits per heavy atom. The summed E-state index contributed by atoms with van der Waals surface area (Å²) in [6, 6.07) is 14.8. The molecule has 0 radical (unpaired) electrons. The lowest BCUT2D eigenvalue weighted by Gasteiger charge is -2.28. The number of amides is 1. The van der Waals surface area contributed by atoms with Crippen molar-refractivity contribution in [1.29, 1.82) is 0 Å². The fourth-order valence-corrected chi connectivity index (χ4v) is 5.45. The van der Waals surface area contributed by atoms with Gasteiger partial charge in [-0.05, 0) is 79.6 Å². The molecule has 7 nitrogen and oxygen atoms in total. The molecule has 7 heteroatoms. The second-order valence-electron chi connectivity index (χ2n) is 11.3. The number of rotatable bonds is 10. The molecule has 0 bridgehead atoms. The molecule has 1 aromatic heterocycles. The lowest BCUT2D eigenvalue weighted by Crippen LogP contribution is -2.35. The van der Waals surface area contributed by atoms with Crippen molar-refractivity contribution in [2.24, 2.45) is 5.92 Å². The van der Waals surface area contributed by atoms with E-state index in [0.29, 0.717) is 17.0 Å². The fraction of sp³-hybridized carbons (Fsp3) is 0.455. The fourth-order valence-electron chi connectivity index (χ4n) is 5.45. The molecule has 2 N–H and O–H groups in total. The molecule has 0 aliphatic carbocycles. The van der Waals surface area contributed by atoms with Crippen LogP contribution in [0, 0.1) is 26.7 Å². The van der Waals surface area contributed by atoms with Crippen molar-refractivity contribution in [2.45, 2.75) is 54.6 Å². The highest BCUT2D eigenvalue weighted by molar-refractivity contribution is 5.99. The Kier molecular flexibility index (Phi) is 9.82. The largest absolute Gasteiger partial charge is 0.379 e. The summed E-state index contributed by atoms with van der Waals surface area (Å²) in [7, 11) is 0. The number of hydrogen-bond donors (Lipinski definition) is 2. The Hall–Kier alpha value is -3.42. The summed E-state index contributed by atoms with van der Waals surface area (Å²) in [6.45, 7) is 18.7. The minimum atomic E-state index is -0.176. The van der Waals surface area contributed by atoms with Crippen LogP contribution >= 0.6 is 0 Å². The van der Waals surface area contributed by atoms with Crippen LogP contribution in [0.1, 0.15) is 59.1 Å². The van der Waals surface area contributed by atoms with Crippen LogP contribution in [0.3, 0.4) is 0 Å². The average Bonchev–Trinajstić information content (AvgIpc) is 2.92. The summed E-state index contributed by atoms with van der Waals surface area (Å²) in [5.41, 5.74) is 8.11. The van der Waals surface area contributed by atoms with Gasteiger partial charge >= 0.3 is 0 Å². The topological polar surface area (TPSA) is 77.7 Å². The number of ether oxygens (including phenoxy) is 1. The molecule has 214 valence electrons. The Balaban J connectivity index is 1.65. The minimum Gasteiger partial charge on any atom is -0.379 e. The normalized spacial score (nSPS) is 14.0. The zero-order valence-electron chi connectivity index (χ0n) is 24.9. The monoisotopic (exact) mass is 544 g/mol. The third-order valence-electron chi connectivity index (χ3n) is 7.65. The van der Waals surface area contributed by atoms with Gasteiger partial charge in [-0.15, -0.1) is 0 Å². The second-order valence-corrected chi connectivity index (χ2v) is 11.3. The van der Waals surface area contributed by atoms with E-state index in [-0.39, 0.29) is 18.0 Å². The number of aromatic amines is 1. The number of nitrogens with zero attached hydrogens (tertiary/aromatic N) is 2. The van der Waals surface area contributed by atoms with Gasteiger partial charge in [-0.25, -0.2) is 0 Å². The van der Waals surface area contributed by atoms with E-state index in [0.717, 1.165) is 79.6 Å². The number of benzene rings is 2. The van der Waals surface area contributed by atoms with Gasteiger partial charge in [-0.1, -0.05) is 38.1 Å². The maximum absolute atomic E-state index is 13.6. The third kappa shape index (κ3) is 7.20. The average molecular weight is 545 g/mol. The van der Waals surface area contributed by atoms with Gasteiger partial charge in [0.25, 0.3) is 11.5 Å². The van der Waals surface area contributed by atoms with Crippen molar-refractivity contribution in [3.8, 4) is 11.1 Å². The summed E-state index contributed by atoms with van der Waals surface area (Å²) < 4.78 is 5.48. The molecule has 0 saturated carbocycles. The highest BCUT2D eigenvalue weighted by Gasteiger charge is 2.20. The number of morpholine rings is 1. The Morgan fingerprint density at radius 3 is 2.38 bits per heavy atom. The number of hydrogen-bond acceptors (Lipinski definition) is 5. The summed E-state index contributed by atoms with van der Waals surface area (Å²) in [4.78, 5) is 33.8. The molecule has 1 saturated heterocycles. The first kappa shape index (κ1) is 29.6. The van der Waals surface area contributed by atoms with Crippen LogP contribution in [0.25, 0.3) is 11.1 Å². The predicted octanol–water partition coefficient (Wildman–Crippen LogP) is 5.21. The summed E-state index contributed by atoms with van der Waals surface area (Å²) in [5.74, 6) is 0.306. The van der Waals surface area contributed by atoms with Crippen molar-refractivity contribution in [1.82, 2.24) is 15.2 Å². The van der Waals surface area contributed by atoms with Crippen LogP contribution in [0.2, 0.25) is 0 Å². The zero-order valence-corrected chi connectivity index (χ0v) is 24.9. The number of anilines is 1. The van der Waals surface area contributed by atoms with Crippen molar-refractivity contribution in [3.05, 3.63) is 86.3 Å². The SMILES string of the molecule is CCN(CC(C)C)c1cc(-c2ccc(CN3CCOCC3)cc2)cc(C(=O)NCc2c(C)cc(C)[nH]c2=O)c1C. The first-order chi connectivity index (χ1) is 19.2. The molecule has 0 atom stereocenters. The molecule has 4 rings (SSSR count). The molecule has 1 aliphatic heterocycles. The van der Waals surface area contributed by atoms with Gasteiger partial charge in [0.05, 0.1) is 13.2 Å². The van der Waals surface area contributed by atoms with E-state index in [9.17, 15) is 9.59 Å². The summed E-state index contributed by atoms with van der Waals surface area (Å²) >= 11 is 0. The highest BCUT2D eigenvalue weighted by Crippen LogP contribution is 2.32. The van der Waals surface area contributed by atoms with E-state index in [1.54, 1.807) is 0 Å². The van der Waals surface area contributed by atoms with Crippen LogP contribution in [-0.2, 0) is 17.8 Å². The van der Waals surface area contributed by atoms with Crippen LogP contribution in [0.15, 0.2) is 47.3 Å². The van der Waals surface area contributed by atoms with Crippen LogP contribution in [0.5, 0.6) is 0 Å². The molecule has 2 heterocycles. The summed E-state index contributed by atoms with van der Waals surface area (Å²) in [5, 5.41) is 3.02. The minimum absolute atomic E-state index is 0.157. The first-order valence-corrected chi connectivity index (χ1v) is 14.4. The number of pyridine rings is 1. The maximum Gasteiger partial charge on any atom is 0.253 e. The lowest BCUT2D eigenvalue weighted by atomic mass is 9.95. The van der Waals surface area contributed by atoms with E-state index in [2.05, 4.69) is 71.2 Å². The van der Waals surface area contributed by atoms with Crippen molar-refractivity contribution in [2.75, 3.05) is 44.3 Å². The molecule has 40 heavy (non-hydrogen) atoms. The molecule has 0 unspecified atom stereocenters. The van der Waals surface area contributed by atoms with E-state index < -0.39 is 0 Å². The van der Waals surface area contributed by atoms with E-state index >= 15 is 0 Å². The van der Waals surface area contributed by atoms with Gasteiger partial charge in [-0.2, -0.15) is 0 Å². The van der Waals surface area contributed by atoms with Crippen molar-refractivity contribution >= 4 is 11.6 Å². The maximum atomic E-state index is 13.6. The molecule has 0 spiro atoms. The third-order valence-corrected chi connectivity index (χ3v) is 7.65. The van der Waals surface area contributed by atoms with Crippen molar-refractivity contribution in [3.63, 3.8) is 0 Å². The summed E-state index contributed by atoms with van der Waals surface area (Å²) in [6.07, 6.45) is 0. The highest BCUT2D eigenvalue weighted by atomic mass is 16.5. The van der Waals surface area contributed by atoms with Gasteiger partial charge < -0.3 is 19.9 Å². The molecule has 1 aliphatic rings. The molecule has 1 amide bonds. The number of carbonyl (C=O) groups excluding carboxylic acids is 1. The standard InChI is InChI=1S/C33H44N4O3/c1-7-37(20-22(2)3)31-18-28(27-10-8-26(9-11-27)21-36-12-14-40-15-13-36)17-29(25(31)6)32(38)34-19-30-23(4)16-24(5)35-33(30)39/h8-11,16-18,22H,7,12-15,19-21H2,1-6H3,(H,34,38)(H,35,39). The predicted molar refractivity (Wildman–Crippen MR) is 163 cm³/mol. The molecular weight excluding hydrogens is 500 g/mol. The number of aryl methyl sites for hydroxylation is 2. The van der Waals surface area contributed by atoms with Crippen LogP contribution in [0.4, 0.5) is 5.69 Å². The quantitative estimate of drug-likeness (QED) is 0.366. The molecule has 2 aromatic carbocycles. The van der Waals surface area contributed by atoms with Gasteiger partial charge in [0.2, 0.25) is 0 Å². The Bertz CT molecular complexity index is 1370. The molecule has 1 fully saturated rings. The van der Waals surface area contributed by atoms with Gasteiger partial charge in [0.1, 0.15) is 0 Å². The Labute approximate surface area is 238 Å². The Morgan fingerprint density at radius 2 is 1.75 bits per heavy atom. The number of aromatic nitrogens is 1. The second kappa shape index (κ2) is 13.3. The zero-order chi connectivity index (χ0) is 28.8. The number of nitrogens with one attached hydrogen (secondary N) is 2. The van der Waals surface area contributed by atoms with Gasteiger partial charge in [-0.3, -0.25) is 14.5 Å². The van der Waals surface area contributed by atoms with Crippen molar-refractivity contribution < 1.29 is 9.53 Å². The number of carbonyl (C=O) groups is 1.